The first-order chi connectivity index (χ1) is 14.4. The fraction of sp³-hybridized carbons (Fsp3) is 0.368. The van der Waals surface area contributed by atoms with Gasteiger partial charge in [-0.3, -0.25) is 0 Å². The van der Waals surface area contributed by atoms with Crippen molar-refractivity contribution in [1.29, 1.82) is 0 Å². The molecule has 2 fully saturated rings. The number of halogens is 3. The second kappa shape index (κ2) is 6.89. The highest BCUT2D eigenvalue weighted by molar-refractivity contribution is 5.89. The van der Waals surface area contributed by atoms with E-state index in [0.717, 1.165) is 11.1 Å². The lowest BCUT2D eigenvalue weighted by atomic mass is 10.2. The smallest absolute Gasteiger partial charge is 0.374 e. The molecule has 0 aliphatic carbocycles. The molecule has 0 N–H and O–H groups in total. The first-order valence-corrected chi connectivity index (χ1v) is 9.28. The summed E-state index contributed by atoms with van der Waals surface area (Å²) < 4.78 is 45.6. The zero-order valence-electron chi connectivity index (χ0n) is 15.5. The van der Waals surface area contributed by atoms with Crippen LogP contribution in [0, 0.1) is 0 Å². The summed E-state index contributed by atoms with van der Waals surface area (Å²) in [5.74, 6) is 0.820. The van der Waals surface area contributed by atoms with Gasteiger partial charge in [0.1, 0.15) is 12.4 Å². The molecule has 2 saturated heterocycles. The van der Waals surface area contributed by atoms with Gasteiger partial charge in [-0.2, -0.15) is 23.3 Å². The minimum atomic E-state index is -4.43. The molecule has 0 spiro atoms. The molecule has 4 heterocycles. The van der Waals surface area contributed by atoms with E-state index < -0.39 is 12.7 Å². The molecular formula is C19H15F3N6O2. The number of isocyanates is 1. The first-order valence-electron chi connectivity index (χ1n) is 9.28. The van der Waals surface area contributed by atoms with E-state index in [4.69, 9.17) is 4.74 Å². The average Bonchev–Trinajstić information content (AvgIpc) is 3.43. The molecule has 30 heavy (non-hydrogen) atoms. The van der Waals surface area contributed by atoms with E-state index in [1.165, 1.54) is 12.3 Å². The third-order valence-electron chi connectivity index (χ3n) is 5.28. The molecule has 2 aliphatic rings. The van der Waals surface area contributed by atoms with Gasteiger partial charge in [0.2, 0.25) is 6.08 Å². The van der Waals surface area contributed by atoms with Crippen molar-refractivity contribution in [2.75, 3.05) is 18.1 Å². The second-order valence-corrected chi connectivity index (χ2v) is 7.27. The molecule has 5 rings (SSSR count). The molecule has 0 radical (unpaired) electrons. The van der Waals surface area contributed by atoms with Gasteiger partial charge in [0.05, 0.1) is 36.0 Å². The third-order valence-corrected chi connectivity index (χ3v) is 5.28. The largest absolute Gasteiger partial charge is 0.408 e. The van der Waals surface area contributed by atoms with Gasteiger partial charge in [-0.15, -0.1) is 0 Å². The zero-order chi connectivity index (χ0) is 20.9. The summed E-state index contributed by atoms with van der Waals surface area (Å²) in [5, 5.41) is 4.40. The fourth-order valence-electron chi connectivity index (χ4n) is 3.97. The molecule has 2 atom stereocenters. The molecule has 154 valence electrons. The SMILES string of the molecule is O=C=Nc1ccc(-c2nc(N3C[C@H]4C[C@@H]3CO4)c3cnn(CC(F)(F)F)c3n2)cc1. The van der Waals surface area contributed by atoms with Gasteiger partial charge in [0.15, 0.2) is 11.5 Å². The summed E-state index contributed by atoms with van der Waals surface area (Å²) >= 11 is 0. The van der Waals surface area contributed by atoms with E-state index >= 15 is 0 Å². The van der Waals surface area contributed by atoms with Crippen LogP contribution >= 0.6 is 0 Å². The first kappa shape index (κ1) is 18.7. The van der Waals surface area contributed by atoms with Crippen LogP contribution in [0.25, 0.3) is 22.4 Å². The van der Waals surface area contributed by atoms with Gasteiger partial charge in [-0.1, -0.05) is 0 Å². The van der Waals surface area contributed by atoms with Crippen molar-refractivity contribution in [3.63, 3.8) is 0 Å². The Morgan fingerprint density at radius 2 is 2.03 bits per heavy atom. The van der Waals surface area contributed by atoms with Gasteiger partial charge < -0.3 is 9.64 Å². The number of hydrogen-bond acceptors (Lipinski definition) is 7. The monoisotopic (exact) mass is 416 g/mol. The van der Waals surface area contributed by atoms with Crippen molar-refractivity contribution in [2.45, 2.75) is 31.3 Å². The maximum Gasteiger partial charge on any atom is 0.408 e. The molecule has 0 saturated carbocycles. The van der Waals surface area contributed by atoms with Crippen molar-refractivity contribution >= 4 is 28.6 Å². The third kappa shape index (κ3) is 3.31. The summed E-state index contributed by atoms with van der Waals surface area (Å²) in [7, 11) is 0. The van der Waals surface area contributed by atoms with Crippen LogP contribution < -0.4 is 4.90 Å². The lowest BCUT2D eigenvalue weighted by molar-refractivity contribution is -0.141. The van der Waals surface area contributed by atoms with E-state index in [1.54, 1.807) is 24.3 Å². The molecule has 3 aromatic rings. The molecule has 2 aromatic heterocycles. The number of hydrogen-bond donors (Lipinski definition) is 0. The van der Waals surface area contributed by atoms with Gasteiger partial charge >= 0.3 is 6.18 Å². The second-order valence-electron chi connectivity index (χ2n) is 7.27. The topological polar surface area (TPSA) is 85.5 Å². The van der Waals surface area contributed by atoms with Gasteiger partial charge in [-0.05, 0) is 30.7 Å². The van der Waals surface area contributed by atoms with Gasteiger partial charge in [0, 0.05) is 12.1 Å². The minimum Gasteiger partial charge on any atom is -0.374 e. The summed E-state index contributed by atoms with van der Waals surface area (Å²) in [6.45, 7) is -0.0667. The number of rotatable bonds is 4. The highest BCUT2D eigenvalue weighted by Gasteiger charge is 2.41. The Morgan fingerprint density at radius 3 is 2.67 bits per heavy atom. The lowest BCUT2D eigenvalue weighted by Gasteiger charge is -2.28. The summed E-state index contributed by atoms with van der Waals surface area (Å²) in [6.07, 6.45) is -0.637. The zero-order valence-corrected chi connectivity index (χ0v) is 15.5. The summed E-state index contributed by atoms with van der Waals surface area (Å²) in [4.78, 5) is 25.1. The Balaban J connectivity index is 1.64. The Kier molecular flexibility index (Phi) is 4.30. The summed E-state index contributed by atoms with van der Waals surface area (Å²) in [6, 6.07) is 6.62. The quantitative estimate of drug-likeness (QED) is 0.480. The van der Waals surface area contributed by atoms with E-state index in [-0.39, 0.29) is 23.6 Å². The van der Waals surface area contributed by atoms with Crippen LogP contribution in [-0.2, 0) is 16.1 Å². The van der Waals surface area contributed by atoms with E-state index in [0.29, 0.717) is 35.6 Å². The van der Waals surface area contributed by atoms with Crippen LogP contribution in [0.1, 0.15) is 6.42 Å². The Morgan fingerprint density at radius 1 is 1.23 bits per heavy atom. The Labute approximate surface area is 168 Å². The van der Waals surface area contributed by atoms with E-state index in [1.807, 2.05) is 0 Å². The van der Waals surface area contributed by atoms with Crippen LogP contribution in [-0.4, -0.2) is 57.3 Å². The van der Waals surface area contributed by atoms with Crippen molar-refractivity contribution in [1.82, 2.24) is 19.7 Å². The molecular weight excluding hydrogens is 401 g/mol. The molecule has 2 bridgehead atoms. The number of ether oxygens (including phenoxy) is 1. The number of aromatic nitrogens is 4. The number of alkyl halides is 3. The van der Waals surface area contributed by atoms with Crippen LogP contribution in [0.4, 0.5) is 24.7 Å². The van der Waals surface area contributed by atoms with Gasteiger partial charge in [-0.25, -0.2) is 19.4 Å². The normalized spacial score (nSPS) is 20.7. The van der Waals surface area contributed by atoms with Crippen molar-refractivity contribution in [2.24, 2.45) is 4.99 Å². The van der Waals surface area contributed by atoms with Crippen LogP contribution in [0.3, 0.4) is 0 Å². The lowest BCUT2D eigenvalue weighted by Crippen LogP contribution is -2.37. The number of benzene rings is 1. The van der Waals surface area contributed by atoms with E-state index in [9.17, 15) is 18.0 Å². The minimum absolute atomic E-state index is 0.0918. The van der Waals surface area contributed by atoms with Gasteiger partial charge in [0.25, 0.3) is 0 Å². The Bertz CT molecular complexity index is 1150. The standard InChI is InChI=1S/C19H15F3N6O2/c20-19(21,22)9-28-18-15(6-24-28)17(27-7-14-5-13(27)8-30-14)25-16(26-18)11-1-3-12(4-2-11)23-10-29/h1-4,6,13-14H,5,7-9H2/t13-,14-/m1/s1. The molecule has 2 aliphatic heterocycles. The predicted octanol–water partition coefficient (Wildman–Crippen LogP) is 3.00. The number of fused-ring (bicyclic) bond motifs is 3. The highest BCUT2D eigenvalue weighted by atomic mass is 19.4. The Hall–Kier alpha value is -3.30. The number of nitrogens with zero attached hydrogens (tertiary/aromatic N) is 6. The molecule has 11 heteroatoms. The number of anilines is 1. The summed E-state index contributed by atoms with van der Waals surface area (Å²) in [5.41, 5.74) is 1.11. The van der Waals surface area contributed by atoms with Crippen LogP contribution in [0.2, 0.25) is 0 Å². The predicted molar refractivity (Wildman–Crippen MR) is 100 cm³/mol. The number of aliphatic imine (C=N–C) groups is 1. The van der Waals surface area contributed by atoms with Crippen LogP contribution in [0.5, 0.6) is 0 Å². The number of morpholine rings is 1. The molecule has 0 amide bonds. The molecule has 1 aromatic carbocycles. The maximum atomic E-state index is 13.0. The fourth-order valence-corrected chi connectivity index (χ4v) is 3.97. The maximum absolute atomic E-state index is 13.0. The van der Waals surface area contributed by atoms with E-state index in [2.05, 4.69) is 25.0 Å². The molecule has 8 nitrogen and oxygen atoms in total. The highest BCUT2D eigenvalue weighted by Crippen LogP contribution is 2.36. The average molecular weight is 416 g/mol. The van der Waals surface area contributed by atoms with Crippen LogP contribution in [0.15, 0.2) is 35.5 Å². The van der Waals surface area contributed by atoms with Crippen molar-refractivity contribution in [3.05, 3.63) is 30.5 Å². The molecule has 0 unspecified atom stereocenters. The van der Waals surface area contributed by atoms with Crippen molar-refractivity contribution in [3.8, 4) is 11.4 Å². The van der Waals surface area contributed by atoms with Crippen molar-refractivity contribution < 1.29 is 22.7 Å². The number of carbonyl (C=O) groups excluding carboxylic acids is 1.